The lowest BCUT2D eigenvalue weighted by Crippen LogP contribution is -2.38. The topological polar surface area (TPSA) is 98.0 Å². The quantitative estimate of drug-likeness (QED) is 0.446. The predicted octanol–water partition coefficient (Wildman–Crippen LogP) is -0.633. The molecule has 0 saturated heterocycles. The molecule has 0 radical (unpaired) electrons. The summed E-state index contributed by atoms with van der Waals surface area (Å²) in [4.78, 5) is 9.25. The van der Waals surface area contributed by atoms with E-state index in [1.807, 2.05) is 0 Å². The number of aliphatic hydroxyl groups is 3. The number of rotatable bonds is 3. The molecule has 0 aromatic rings. The number of carboxylic acids is 1. The second-order valence-corrected chi connectivity index (χ2v) is 2.89. The highest BCUT2D eigenvalue weighted by atomic mass is 16.4. The number of carbonyl (C=O) groups is 1. The van der Waals surface area contributed by atoms with E-state index in [4.69, 9.17) is 20.4 Å². The van der Waals surface area contributed by atoms with Gasteiger partial charge < -0.3 is 20.4 Å². The Kier molecular flexibility index (Phi) is 7.40. The fraction of sp³-hybridized carbons (Fsp3) is 0.625. The summed E-state index contributed by atoms with van der Waals surface area (Å²) in [5.41, 5.74) is -1.19. The number of carboxylic acid groups (broad SMARTS) is 1. The van der Waals surface area contributed by atoms with Crippen LogP contribution in [-0.4, -0.2) is 44.7 Å². The minimum absolute atomic E-state index is 0.399. The van der Waals surface area contributed by atoms with Crippen LogP contribution in [0.1, 0.15) is 13.8 Å². The molecule has 1 atom stereocenters. The lowest BCUT2D eigenvalue weighted by molar-refractivity contribution is -0.131. The molecule has 0 aliphatic heterocycles. The smallest absolute Gasteiger partial charge is 0.327 e. The lowest BCUT2D eigenvalue weighted by Gasteiger charge is -2.21. The first-order valence-corrected chi connectivity index (χ1v) is 3.62. The monoisotopic (exact) mass is 192 g/mol. The fourth-order valence-electron chi connectivity index (χ4n) is 0.223. The van der Waals surface area contributed by atoms with Crippen molar-refractivity contribution in [3.05, 3.63) is 12.7 Å². The van der Waals surface area contributed by atoms with Crippen LogP contribution in [0.5, 0.6) is 0 Å². The van der Waals surface area contributed by atoms with Gasteiger partial charge in [0, 0.05) is 6.08 Å². The van der Waals surface area contributed by atoms with E-state index in [1.54, 1.807) is 0 Å². The van der Waals surface area contributed by atoms with Gasteiger partial charge in [0.2, 0.25) is 0 Å². The van der Waals surface area contributed by atoms with Crippen LogP contribution in [0.3, 0.4) is 0 Å². The number of aliphatic carboxylic acids is 1. The summed E-state index contributed by atoms with van der Waals surface area (Å²) in [7, 11) is 0. The first kappa shape index (κ1) is 14.6. The zero-order chi connectivity index (χ0) is 11.1. The van der Waals surface area contributed by atoms with E-state index in [-0.39, 0.29) is 0 Å². The van der Waals surface area contributed by atoms with Gasteiger partial charge in [0.05, 0.1) is 12.2 Å². The molecule has 1 unspecified atom stereocenters. The Morgan fingerprint density at radius 2 is 1.92 bits per heavy atom. The molecule has 0 aliphatic carbocycles. The molecule has 5 nitrogen and oxygen atoms in total. The van der Waals surface area contributed by atoms with Gasteiger partial charge in [0.15, 0.2) is 0 Å². The molecule has 0 rings (SSSR count). The van der Waals surface area contributed by atoms with Crippen LogP contribution >= 0.6 is 0 Å². The second-order valence-electron chi connectivity index (χ2n) is 2.89. The maximum atomic E-state index is 9.25. The Hall–Kier alpha value is -0.910. The second kappa shape index (κ2) is 6.59. The molecule has 0 spiro atoms. The van der Waals surface area contributed by atoms with Crippen molar-refractivity contribution in [1.82, 2.24) is 0 Å². The van der Waals surface area contributed by atoms with Gasteiger partial charge in [0.1, 0.15) is 6.10 Å². The zero-order valence-electron chi connectivity index (χ0n) is 7.77. The van der Waals surface area contributed by atoms with Gasteiger partial charge in [-0.3, -0.25) is 0 Å². The summed E-state index contributed by atoms with van der Waals surface area (Å²) in [6.45, 7) is 5.44. The maximum absolute atomic E-state index is 9.25. The van der Waals surface area contributed by atoms with Crippen molar-refractivity contribution in [1.29, 1.82) is 0 Å². The van der Waals surface area contributed by atoms with Gasteiger partial charge >= 0.3 is 5.97 Å². The molecular weight excluding hydrogens is 176 g/mol. The van der Waals surface area contributed by atoms with Crippen molar-refractivity contribution in [3.63, 3.8) is 0 Å². The summed E-state index contributed by atoms with van der Waals surface area (Å²) in [6.07, 6.45) is -0.206. The minimum atomic E-state index is -1.19. The summed E-state index contributed by atoms with van der Waals surface area (Å²) in [5.74, 6) is -0.981. The molecule has 0 heterocycles. The van der Waals surface area contributed by atoms with E-state index in [9.17, 15) is 4.79 Å². The van der Waals surface area contributed by atoms with E-state index in [2.05, 4.69) is 6.58 Å². The predicted molar refractivity (Wildman–Crippen MR) is 47.2 cm³/mol. The molecule has 0 saturated carbocycles. The van der Waals surface area contributed by atoms with E-state index < -0.39 is 24.3 Å². The Morgan fingerprint density at radius 3 is 1.92 bits per heavy atom. The Labute approximate surface area is 76.9 Å². The van der Waals surface area contributed by atoms with E-state index in [1.165, 1.54) is 13.8 Å². The van der Waals surface area contributed by atoms with E-state index in [0.717, 1.165) is 6.08 Å². The van der Waals surface area contributed by atoms with Crippen LogP contribution in [0.4, 0.5) is 0 Å². The molecule has 13 heavy (non-hydrogen) atoms. The van der Waals surface area contributed by atoms with Crippen LogP contribution < -0.4 is 0 Å². The minimum Gasteiger partial charge on any atom is -0.478 e. The van der Waals surface area contributed by atoms with Gasteiger partial charge in [0.25, 0.3) is 0 Å². The van der Waals surface area contributed by atoms with Gasteiger partial charge in [-0.15, -0.1) is 0 Å². The van der Waals surface area contributed by atoms with Crippen LogP contribution in [0.25, 0.3) is 0 Å². The molecule has 4 N–H and O–H groups in total. The maximum Gasteiger partial charge on any atom is 0.327 e. The highest BCUT2D eigenvalue weighted by molar-refractivity contribution is 5.78. The highest BCUT2D eigenvalue weighted by Gasteiger charge is 2.22. The Morgan fingerprint density at radius 1 is 1.62 bits per heavy atom. The molecular formula is C8H16O5. The van der Waals surface area contributed by atoms with Crippen molar-refractivity contribution in [2.24, 2.45) is 0 Å². The first-order valence-electron chi connectivity index (χ1n) is 3.62. The van der Waals surface area contributed by atoms with Crippen molar-refractivity contribution in [3.8, 4) is 0 Å². The summed E-state index contributed by atoms with van der Waals surface area (Å²) >= 11 is 0. The van der Waals surface area contributed by atoms with Crippen molar-refractivity contribution in [2.45, 2.75) is 25.6 Å². The summed E-state index contributed by atoms with van der Waals surface area (Å²) < 4.78 is 0. The third-order valence-corrected chi connectivity index (χ3v) is 1.16. The number of hydrogen-bond donors (Lipinski definition) is 4. The Balaban J connectivity index is 0. The van der Waals surface area contributed by atoms with Crippen LogP contribution in [0, 0.1) is 0 Å². The molecule has 0 bridgehead atoms. The molecule has 0 aliphatic rings. The van der Waals surface area contributed by atoms with Crippen molar-refractivity contribution < 1.29 is 25.2 Å². The van der Waals surface area contributed by atoms with Gasteiger partial charge in [-0.1, -0.05) is 6.58 Å². The molecule has 0 amide bonds. The highest BCUT2D eigenvalue weighted by Crippen LogP contribution is 2.05. The zero-order valence-corrected chi connectivity index (χ0v) is 7.77. The van der Waals surface area contributed by atoms with Crippen LogP contribution in [0.2, 0.25) is 0 Å². The third-order valence-electron chi connectivity index (χ3n) is 1.16. The Bertz CT molecular complexity index is 158. The van der Waals surface area contributed by atoms with Crippen LogP contribution in [0.15, 0.2) is 12.7 Å². The molecule has 5 heteroatoms. The number of aliphatic hydroxyl groups excluding tert-OH is 2. The lowest BCUT2D eigenvalue weighted by atomic mass is 10.0. The molecule has 0 aromatic carbocycles. The van der Waals surface area contributed by atoms with E-state index >= 15 is 0 Å². The first-order chi connectivity index (χ1) is 5.75. The standard InChI is InChI=1S/C5H12O3.C3H4O2/c1-5(2,8)4(7)3-6;1-2-3(4)5/h4,6-8H,3H2,1-2H3;2H,1H2,(H,4,5). The fourth-order valence-corrected chi connectivity index (χ4v) is 0.223. The third kappa shape index (κ3) is 11.1. The number of hydrogen-bond acceptors (Lipinski definition) is 4. The van der Waals surface area contributed by atoms with Gasteiger partial charge in [-0.25, -0.2) is 4.79 Å². The molecule has 0 aromatic heterocycles. The molecule has 0 fully saturated rings. The van der Waals surface area contributed by atoms with Gasteiger partial charge in [-0.2, -0.15) is 0 Å². The average Bonchev–Trinajstić information content (AvgIpc) is 2.02. The average molecular weight is 192 g/mol. The van der Waals surface area contributed by atoms with Crippen molar-refractivity contribution in [2.75, 3.05) is 6.61 Å². The summed E-state index contributed by atoms with van der Waals surface area (Å²) in [6, 6.07) is 0. The van der Waals surface area contributed by atoms with E-state index in [0.29, 0.717) is 0 Å². The largest absolute Gasteiger partial charge is 0.478 e. The summed E-state index contributed by atoms with van der Waals surface area (Å²) in [5, 5.41) is 33.4. The van der Waals surface area contributed by atoms with Gasteiger partial charge in [-0.05, 0) is 13.8 Å². The SMILES string of the molecule is C=CC(=O)O.CC(C)(O)C(O)CO. The molecule has 78 valence electrons. The normalized spacial score (nSPS) is 12.4. The van der Waals surface area contributed by atoms with Crippen molar-refractivity contribution >= 4 is 5.97 Å². The van der Waals surface area contributed by atoms with Crippen LogP contribution in [-0.2, 0) is 4.79 Å².